The lowest BCUT2D eigenvalue weighted by Crippen LogP contribution is -2.52. The molecular weight excluding hydrogens is 376 g/mol. The highest BCUT2D eigenvalue weighted by Gasteiger charge is 2.27. The van der Waals surface area contributed by atoms with Crippen molar-refractivity contribution in [1.29, 1.82) is 0 Å². The highest BCUT2D eigenvalue weighted by atomic mass is 35.5. The third-order valence-corrected chi connectivity index (χ3v) is 4.66. The zero-order chi connectivity index (χ0) is 18.5. The van der Waals surface area contributed by atoms with E-state index in [1.54, 1.807) is 9.80 Å². The summed E-state index contributed by atoms with van der Waals surface area (Å²) in [6, 6.07) is 5.63. The van der Waals surface area contributed by atoms with Crippen molar-refractivity contribution >= 4 is 29.9 Å². The first kappa shape index (κ1) is 21.1. The molecule has 2 amide bonds. The molecule has 0 spiro atoms. The van der Waals surface area contributed by atoms with Crippen LogP contribution in [0, 0.1) is 10.1 Å². The molecule has 2 saturated heterocycles. The van der Waals surface area contributed by atoms with Crippen LogP contribution < -0.4 is 5.32 Å². The molecule has 3 rings (SSSR count). The van der Waals surface area contributed by atoms with E-state index in [4.69, 9.17) is 4.74 Å². The van der Waals surface area contributed by atoms with Gasteiger partial charge in [0, 0.05) is 62.9 Å². The van der Waals surface area contributed by atoms with Crippen molar-refractivity contribution in [2.45, 2.75) is 12.5 Å². The van der Waals surface area contributed by atoms with Gasteiger partial charge in [-0.05, 0) is 12.1 Å². The Kier molecular flexibility index (Phi) is 7.52. The molecule has 9 nitrogen and oxygen atoms in total. The topological polar surface area (TPSA) is 105 Å². The zero-order valence-corrected chi connectivity index (χ0v) is 15.7. The van der Waals surface area contributed by atoms with Gasteiger partial charge in [-0.15, -0.1) is 12.4 Å². The van der Waals surface area contributed by atoms with E-state index in [-0.39, 0.29) is 36.0 Å². The average molecular weight is 399 g/mol. The molecule has 0 bridgehead atoms. The number of benzene rings is 1. The predicted molar refractivity (Wildman–Crippen MR) is 100 cm³/mol. The van der Waals surface area contributed by atoms with Crippen LogP contribution in [0.4, 0.5) is 5.69 Å². The van der Waals surface area contributed by atoms with Crippen LogP contribution in [0.3, 0.4) is 0 Å². The number of nitro groups is 1. The monoisotopic (exact) mass is 398 g/mol. The molecule has 2 heterocycles. The first-order valence-corrected chi connectivity index (χ1v) is 8.67. The van der Waals surface area contributed by atoms with Crippen LogP contribution in [0.15, 0.2) is 24.3 Å². The highest BCUT2D eigenvalue weighted by Crippen LogP contribution is 2.15. The van der Waals surface area contributed by atoms with E-state index in [9.17, 15) is 19.7 Å². The summed E-state index contributed by atoms with van der Waals surface area (Å²) in [4.78, 5) is 38.5. The fourth-order valence-corrected chi connectivity index (χ4v) is 3.16. The van der Waals surface area contributed by atoms with Crippen LogP contribution in [0.5, 0.6) is 0 Å². The third kappa shape index (κ3) is 5.38. The van der Waals surface area contributed by atoms with E-state index in [1.165, 1.54) is 24.3 Å². The number of hydrogen-bond acceptors (Lipinski definition) is 6. The lowest BCUT2D eigenvalue weighted by Gasteiger charge is -2.36. The van der Waals surface area contributed by atoms with Crippen molar-refractivity contribution in [3.05, 3.63) is 39.9 Å². The van der Waals surface area contributed by atoms with Crippen LogP contribution in [0.25, 0.3) is 0 Å². The maximum absolute atomic E-state index is 12.5. The Morgan fingerprint density at radius 3 is 2.33 bits per heavy atom. The van der Waals surface area contributed by atoms with Gasteiger partial charge in [-0.2, -0.15) is 0 Å². The van der Waals surface area contributed by atoms with Gasteiger partial charge >= 0.3 is 0 Å². The smallest absolute Gasteiger partial charge is 0.269 e. The Labute approximate surface area is 163 Å². The molecule has 1 atom stereocenters. The molecule has 1 aromatic carbocycles. The van der Waals surface area contributed by atoms with E-state index in [1.807, 2.05) is 0 Å². The fraction of sp³-hybridized carbons (Fsp3) is 0.529. The molecule has 2 fully saturated rings. The molecule has 10 heteroatoms. The number of nitrogens with zero attached hydrogens (tertiary/aromatic N) is 3. The molecule has 0 radical (unpaired) electrons. The average Bonchev–Trinajstić information content (AvgIpc) is 2.68. The molecule has 2 aliphatic heterocycles. The van der Waals surface area contributed by atoms with Crippen molar-refractivity contribution in [2.75, 3.05) is 45.9 Å². The van der Waals surface area contributed by atoms with Gasteiger partial charge < -0.3 is 19.9 Å². The number of nitro benzene ring substituents is 1. The van der Waals surface area contributed by atoms with Gasteiger partial charge in [0.1, 0.15) is 0 Å². The van der Waals surface area contributed by atoms with Crippen LogP contribution in [-0.4, -0.2) is 78.5 Å². The van der Waals surface area contributed by atoms with Gasteiger partial charge in [0.05, 0.1) is 18.1 Å². The minimum atomic E-state index is -0.495. The molecule has 0 saturated carbocycles. The molecule has 1 N–H and O–H groups in total. The van der Waals surface area contributed by atoms with E-state index < -0.39 is 4.92 Å². The third-order valence-electron chi connectivity index (χ3n) is 4.66. The number of hydrogen-bond donors (Lipinski definition) is 1. The van der Waals surface area contributed by atoms with E-state index in [2.05, 4.69) is 5.32 Å². The molecule has 148 valence electrons. The molecule has 0 aliphatic carbocycles. The number of amides is 2. The second-order valence-electron chi connectivity index (χ2n) is 6.41. The van der Waals surface area contributed by atoms with Crippen LogP contribution >= 0.6 is 12.4 Å². The predicted octanol–water partition coefficient (Wildman–Crippen LogP) is 0.679. The number of rotatable bonds is 4. The largest absolute Gasteiger partial charge is 0.378 e. The highest BCUT2D eigenvalue weighted by molar-refractivity contribution is 5.94. The Hall–Kier alpha value is -2.23. The Morgan fingerprint density at radius 1 is 1.15 bits per heavy atom. The molecule has 2 aliphatic rings. The van der Waals surface area contributed by atoms with Gasteiger partial charge in [0.25, 0.3) is 11.6 Å². The van der Waals surface area contributed by atoms with Crippen LogP contribution in [0.1, 0.15) is 16.8 Å². The van der Waals surface area contributed by atoms with Gasteiger partial charge in [-0.1, -0.05) is 0 Å². The van der Waals surface area contributed by atoms with Gasteiger partial charge in [0.15, 0.2) is 0 Å². The van der Waals surface area contributed by atoms with Crippen molar-refractivity contribution in [2.24, 2.45) is 0 Å². The lowest BCUT2D eigenvalue weighted by atomic mass is 10.1. The molecular formula is C17H23ClN4O5. The fourth-order valence-electron chi connectivity index (χ4n) is 3.16. The van der Waals surface area contributed by atoms with Gasteiger partial charge in [-0.25, -0.2) is 0 Å². The summed E-state index contributed by atoms with van der Waals surface area (Å²) in [7, 11) is 0. The maximum Gasteiger partial charge on any atom is 0.269 e. The minimum absolute atomic E-state index is 0. The summed E-state index contributed by atoms with van der Waals surface area (Å²) in [5.74, 6) is -0.107. The van der Waals surface area contributed by atoms with Crippen LogP contribution in [0.2, 0.25) is 0 Å². The summed E-state index contributed by atoms with van der Waals surface area (Å²) in [5.41, 5.74) is 0.371. The molecule has 0 aromatic heterocycles. The maximum atomic E-state index is 12.5. The molecule has 1 unspecified atom stereocenters. The lowest BCUT2D eigenvalue weighted by molar-refractivity contribution is -0.384. The number of non-ortho nitro benzene ring substituents is 1. The Morgan fingerprint density at radius 2 is 1.78 bits per heavy atom. The van der Waals surface area contributed by atoms with Crippen molar-refractivity contribution in [3.8, 4) is 0 Å². The molecule has 27 heavy (non-hydrogen) atoms. The summed E-state index contributed by atoms with van der Waals surface area (Å²) in [6.07, 6.45) is 0.399. The van der Waals surface area contributed by atoms with Gasteiger partial charge in [0.2, 0.25) is 5.91 Å². The number of morpholine rings is 1. The number of piperazine rings is 1. The van der Waals surface area contributed by atoms with Crippen molar-refractivity contribution < 1.29 is 19.2 Å². The van der Waals surface area contributed by atoms with Crippen molar-refractivity contribution in [3.63, 3.8) is 0 Å². The minimum Gasteiger partial charge on any atom is -0.378 e. The first-order chi connectivity index (χ1) is 12.5. The molecule has 1 aromatic rings. The number of nitrogens with one attached hydrogen (secondary N) is 1. The standard InChI is InChI=1S/C17H22N4O5.ClH/c22-16(11-14-12-26-10-5-18-14)19-6-8-20(9-7-19)17(23)13-1-3-15(4-2-13)21(24)25;/h1-4,14,18H,5-12H2;1H. The number of halogens is 1. The summed E-state index contributed by atoms with van der Waals surface area (Å²) < 4.78 is 5.36. The second-order valence-corrected chi connectivity index (χ2v) is 6.41. The number of carbonyl (C=O) groups is 2. The second kappa shape index (κ2) is 9.63. The van der Waals surface area contributed by atoms with E-state index >= 15 is 0 Å². The number of carbonyl (C=O) groups excluding carboxylic acids is 2. The number of ether oxygens (including phenoxy) is 1. The SMILES string of the molecule is Cl.O=C(CC1COCCN1)N1CCN(C(=O)c2ccc([N+](=O)[O-])cc2)CC1. The normalized spacial score (nSPS) is 19.9. The first-order valence-electron chi connectivity index (χ1n) is 8.67. The summed E-state index contributed by atoms with van der Waals surface area (Å²) >= 11 is 0. The Bertz CT molecular complexity index is 670. The van der Waals surface area contributed by atoms with Crippen LogP contribution in [-0.2, 0) is 9.53 Å². The van der Waals surface area contributed by atoms with Crippen molar-refractivity contribution in [1.82, 2.24) is 15.1 Å². The van der Waals surface area contributed by atoms with E-state index in [0.717, 1.165) is 6.54 Å². The van der Waals surface area contributed by atoms with Gasteiger partial charge in [-0.3, -0.25) is 19.7 Å². The van der Waals surface area contributed by atoms with E-state index in [0.29, 0.717) is 51.4 Å². The quantitative estimate of drug-likeness (QED) is 0.590. The summed E-state index contributed by atoms with van der Waals surface area (Å²) in [5, 5.41) is 14.0. The summed E-state index contributed by atoms with van der Waals surface area (Å²) in [6.45, 7) is 3.87. The Balaban J connectivity index is 0.00000261. The zero-order valence-electron chi connectivity index (χ0n) is 14.8.